The summed E-state index contributed by atoms with van der Waals surface area (Å²) in [5.74, 6) is 0.195. The highest BCUT2D eigenvalue weighted by molar-refractivity contribution is 6.06. The molecule has 1 saturated heterocycles. The van der Waals surface area contributed by atoms with Crippen LogP contribution >= 0.6 is 0 Å². The zero-order valence-corrected chi connectivity index (χ0v) is 16.4. The van der Waals surface area contributed by atoms with Crippen LogP contribution in [0.3, 0.4) is 0 Å². The molecule has 1 heterocycles. The molecule has 0 radical (unpaired) electrons. The number of hydrogen-bond acceptors (Lipinski definition) is 7. The fourth-order valence-corrected chi connectivity index (χ4v) is 2.96. The molecule has 0 atom stereocenters. The smallest absolute Gasteiger partial charge is 0.309 e. The number of rotatable bonds is 7. The van der Waals surface area contributed by atoms with Crippen LogP contribution in [0.4, 0.5) is 5.69 Å². The maximum Gasteiger partial charge on any atom is 0.309 e. The predicted octanol–water partition coefficient (Wildman–Crippen LogP) is 2.32. The van der Waals surface area contributed by atoms with Crippen molar-refractivity contribution in [2.45, 2.75) is 19.8 Å². The fourth-order valence-electron chi connectivity index (χ4n) is 2.96. The number of piperidine rings is 1. The summed E-state index contributed by atoms with van der Waals surface area (Å²) in [7, 11) is 3.03. The van der Waals surface area contributed by atoms with E-state index in [2.05, 4.69) is 5.32 Å². The lowest BCUT2D eigenvalue weighted by Crippen LogP contribution is -2.34. The number of amides is 1. The molecule has 1 fully saturated rings. The van der Waals surface area contributed by atoms with Crippen LogP contribution in [0.5, 0.6) is 11.5 Å². The third kappa shape index (κ3) is 5.39. The number of ether oxygens (including phenoxy) is 3. The van der Waals surface area contributed by atoms with Crippen LogP contribution in [0.25, 0.3) is 0 Å². The number of carbonyl (C=O) groups excluding carboxylic acids is 2. The normalized spacial score (nSPS) is 14.8. The Bertz CT molecular complexity index is 777. The molecule has 0 bridgehead atoms. The first-order chi connectivity index (χ1) is 13.5. The second-order valence-electron chi connectivity index (χ2n) is 6.24. The number of likely N-dealkylation sites (tertiary alicyclic amines) is 1. The molecule has 0 aromatic heterocycles. The van der Waals surface area contributed by atoms with Gasteiger partial charge in [0.2, 0.25) is 0 Å². The van der Waals surface area contributed by atoms with Gasteiger partial charge in [0, 0.05) is 31.0 Å². The van der Waals surface area contributed by atoms with Crippen molar-refractivity contribution in [3.05, 3.63) is 30.0 Å². The molecule has 8 heteroatoms. The molecule has 0 spiro atoms. The van der Waals surface area contributed by atoms with E-state index in [1.807, 2.05) is 11.0 Å². The number of nitriles is 1. The van der Waals surface area contributed by atoms with Crippen molar-refractivity contribution < 1.29 is 23.8 Å². The Morgan fingerprint density at radius 3 is 2.50 bits per heavy atom. The monoisotopic (exact) mass is 387 g/mol. The summed E-state index contributed by atoms with van der Waals surface area (Å²) >= 11 is 0. The van der Waals surface area contributed by atoms with E-state index in [1.54, 1.807) is 25.1 Å². The largest absolute Gasteiger partial charge is 0.493 e. The van der Waals surface area contributed by atoms with E-state index in [4.69, 9.17) is 14.2 Å². The van der Waals surface area contributed by atoms with Crippen molar-refractivity contribution in [3.63, 3.8) is 0 Å². The predicted molar refractivity (Wildman–Crippen MR) is 103 cm³/mol. The van der Waals surface area contributed by atoms with Gasteiger partial charge in [-0.25, -0.2) is 0 Å². The molecular weight excluding hydrogens is 362 g/mol. The molecule has 0 saturated carbocycles. The molecule has 0 unspecified atom stereocenters. The van der Waals surface area contributed by atoms with Gasteiger partial charge in [-0.1, -0.05) is 0 Å². The van der Waals surface area contributed by atoms with Crippen molar-refractivity contribution in [3.8, 4) is 17.6 Å². The highest BCUT2D eigenvalue weighted by atomic mass is 16.5. The Morgan fingerprint density at radius 1 is 1.25 bits per heavy atom. The average molecular weight is 387 g/mol. The van der Waals surface area contributed by atoms with Gasteiger partial charge < -0.3 is 24.4 Å². The molecule has 28 heavy (non-hydrogen) atoms. The second-order valence-corrected chi connectivity index (χ2v) is 6.24. The van der Waals surface area contributed by atoms with Crippen LogP contribution in [-0.2, 0) is 14.3 Å². The average Bonchev–Trinajstić information content (AvgIpc) is 2.72. The molecule has 1 amide bonds. The van der Waals surface area contributed by atoms with Gasteiger partial charge >= 0.3 is 5.97 Å². The van der Waals surface area contributed by atoms with Gasteiger partial charge in [-0.15, -0.1) is 0 Å². The third-order valence-electron chi connectivity index (χ3n) is 4.47. The van der Waals surface area contributed by atoms with Crippen molar-refractivity contribution >= 4 is 17.6 Å². The zero-order chi connectivity index (χ0) is 20.5. The summed E-state index contributed by atoms with van der Waals surface area (Å²) < 4.78 is 15.4. The first-order valence-electron chi connectivity index (χ1n) is 9.08. The standard InChI is InChI=1S/C20H25N3O5/c1-4-28-20(25)14-7-9-23(10-8-14)13-15(12-21)19(24)22-16-5-6-17(26-2)18(11-16)27-3/h5-6,11,13-14H,4,7-10H2,1-3H3,(H,22,24)/b15-13-. The van der Waals surface area contributed by atoms with Crippen LogP contribution in [0.2, 0.25) is 0 Å². The van der Waals surface area contributed by atoms with E-state index in [0.29, 0.717) is 49.7 Å². The molecule has 0 aliphatic carbocycles. The maximum absolute atomic E-state index is 12.5. The molecule has 1 aliphatic rings. The molecule has 2 rings (SSSR count). The van der Waals surface area contributed by atoms with E-state index >= 15 is 0 Å². The number of esters is 1. The van der Waals surface area contributed by atoms with Crippen molar-refractivity contribution in [2.75, 3.05) is 39.2 Å². The second kappa shape index (κ2) is 10.2. The van der Waals surface area contributed by atoms with Gasteiger partial charge in [0.25, 0.3) is 5.91 Å². The van der Waals surface area contributed by atoms with E-state index < -0.39 is 5.91 Å². The molecule has 1 aromatic rings. The third-order valence-corrected chi connectivity index (χ3v) is 4.47. The number of anilines is 1. The Balaban J connectivity index is 2.00. The van der Waals surface area contributed by atoms with Crippen LogP contribution in [0.1, 0.15) is 19.8 Å². The summed E-state index contributed by atoms with van der Waals surface area (Å²) in [5.41, 5.74) is 0.481. The summed E-state index contributed by atoms with van der Waals surface area (Å²) in [6.45, 7) is 3.32. The van der Waals surface area contributed by atoms with Crippen LogP contribution in [0.15, 0.2) is 30.0 Å². The van der Waals surface area contributed by atoms with E-state index in [9.17, 15) is 14.9 Å². The lowest BCUT2D eigenvalue weighted by molar-refractivity contribution is -0.149. The number of nitrogens with one attached hydrogen (secondary N) is 1. The summed E-state index contributed by atoms with van der Waals surface area (Å²) in [4.78, 5) is 26.1. The first kappa shape index (κ1) is 21.1. The molecule has 1 aromatic carbocycles. The first-order valence-corrected chi connectivity index (χ1v) is 9.08. The quantitative estimate of drug-likeness (QED) is 0.435. The minimum absolute atomic E-state index is 0.00984. The van der Waals surface area contributed by atoms with Crippen LogP contribution < -0.4 is 14.8 Å². The van der Waals surface area contributed by atoms with Crippen LogP contribution in [0, 0.1) is 17.2 Å². The summed E-state index contributed by atoms with van der Waals surface area (Å²) in [5, 5.41) is 12.1. The Morgan fingerprint density at radius 2 is 1.93 bits per heavy atom. The van der Waals surface area contributed by atoms with Gasteiger partial charge in [0.05, 0.1) is 26.7 Å². The van der Waals surface area contributed by atoms with Gasteiger partial charge in [-0.2, -0.15) is 5.26 Å². The lowest BCUT2D eigenvalue weighted by atomic mass is 9.97. The Hall–Kier alpha value is -3.21. The van der Waals surface area contributed by atoms with Crippen LogP contribution in [-0.4, -0.2) is 50.7 Å². The fraction of sp³-hybridized carbons (Fsp3) is 0.450. The summed E-state index contributed by atoms with van der Waals surface area (Å²) in [6.07, 6.45) is 2.80. The summed E-state index contributed by atoms with van der Waals surface area (Å²) in [6, 6.07) is 6.89. The lowest BCUT2D eigenvalue weighted by Gasteiger charge is -2.30. The van der Waals surface area contributed by atoms with E-state index in [-0.39, 0.29) is 17.5 Å². The van der Waals surface area contributed by atoms with Crippen molar-refractivity contribution in [1.82, 2.24) is 4.90 Å². The maximum atomic E-state index is 12.5. The number of carbonyl (C=O) groups is 2. The molecule has 150 valence electrons. The topological polar surface area (TPSA) is 101 Å². The number of methoxy groups -OCH3 is 2. The van der Waals surface area contributed by atoms with Gasteiger partial charge in [-0.3, -0.25) is 9.59 Å². The van der Waals surface area contributed by atoms with E-state index in [0.717, 1.165) is 0 Å². The Labute approximate surface area is 164 Å². The Kier molecular flexibility index (Phi) is 7.69. The minimum atomic E-state index is -0.512. The zero-order valence-electron chi connectivity index (χ0n) is 16.4. The van der Waals surface area contributed by atoms with Crippen molar-refractivity contribution in [2.24, 2.45) is 5.92 Å². The molecule has 1 aliphatic heterocycles. The molecule has 8 nitrogen and oxygen atoms in total. The van der Waals surface area contributed by atoms with Gasteiger partial charge in [0.1, 0.15) is 11.6 Å². The highest BCUT2D eigenvalue weighted by Gasteiger charge is 2.25. The van der Waals surface area contributed by atoms with Gasteiger partial charge in [0.15, 0.2) is 11.5 Å². The van der Waals surface area contributed by atoms with E-state index in [1.165, 1.54) is 20.4 Å². The number of nitrogens with zero attached hydrogens (tertiary/aromatic N) is 2. The molecular formula is C20H25N3O5. The number of benzene rings is 1. The highest BCUT2D eigenvalue weighted by Crippen LogP contribution is 2.30. The van der Waals surface area contributed by atoms with Gasteiger partial charge in [-0.05, 0) is 31.9 Å². The SMILES string of the molecule is CCOC(=O)C1CCN(/C=C(/C#N)C(=O)Nc2ccc(OC)c(OC)c2)CC1. The molecule has 1 N–H and O–H groups in total. The number of hydrogen-bond donors (Lipinski definition) is 1. The van der Waals surface area contributed by atoms with Crippen molar-refractivity contribution in [1.29, 1.82) is 5.26 Å². The minimum Gasteiger partial charge on any atom is -0.493 e.